The van der Waals surface area contributed by atoms with E-state index in [-0.39, 0.29) is 5.92 Å². The van der Waals surface area contributed by atoms with Crippen molar-refractivity contribution in [1.29, 1.82) is 0 Å². The summed E-state index contributed by atoms with van der Waals surface area (Å²) in [5.74, 6) is 0.358. The fraction of sp³-hybridized carbons (Fsp3) is 0.278. The Labute approximate surface area is 119 Å². The number of fused-ring (bicyclic) bond motifs is 1. The molecule has 102 valence electrons. The van der Waals surface area contributed by atoms with E-state index in [9.17, 15) is 4.79 Å². The topological polar surface area (TPSA) is 29.1 Å². The quantitative estimate of drug-likeness (QED) is 0.920. The van der Waals surface area contributed by atoms with Crippen LogP contribution >= 0.6 is 0 Å². The van der Waals surface area contributed by atoms with Gasteiger partial charge in [0, 0.05) is 19.5 Å². The smallest absolute Gasteiger partial charge is 0.141 e. The van der Waals surface area contributed by atoms with E-state index in [1.165, 1.54) is 16.7 Å². The Hall–Kier alpha value is -1.93. The second-order valence-electron chi connectivity index (χ2n) is 5.33. The minimum Gasteiger partial charge on any atom is -0.312 e. The van der Waals surface area contributed by atoms with Gasteiger partial charge in [-0.3, -0.25) is 4.79 Å². The van der Waals surface area contributed by atoms with Gasteiger partial charge in [-0.05, 0) is 23.1 Å². The number of ketones is 1. The lowest BCUT2D eigenvalue weighted by molar-refractivity contribution is -0.120. The Morgan fingerprint density at radius 2 is 1.80 bits per heavy atom. The van der Waals surface area contributed by atoms with Crippen molar-refractivity contribution in [1.82, 2.24) is 5.32 Å². The van der Waals surface area contributed by atoms with Gasteiger partial charge < -0.3 is 5.32 Å². The molecule has 0 aliphatic carbocycles. The molecule has 0 aromatic heterocycles. The summed E-state index contributed by atoms with van der Waals surface area (Å²) in [6.45, 7) is 1.64. The molecule has 0 fully saturated rings. The van der Waals surface area contributed by atoms with Crippen molar-refractivity contribution in [3.63, 3.8) is 0 Å². The predicted molar refractivity (Wildman–Crippen MR) is 80.7 cm³/mol. The van der Waals surface area contributed by atoms with Gasteiger partial charge in [-0.1, -0.05) is 54.6 Å². The highest BCUT2D eigenvalue weighted by Crippen LogP contribution is 2.25. The van der Waals surface area contributed by atoms with Crippen LogP contribution < -0.4 is 5.32 Å². The standard InChI is InChI=1S/C18H19NO/c20-18(11-10-14-6-2-1-3-7-14)17-13-19-12-15-8-4-5-9-16(15)17/h1-9,17,19H,10-13H2. The first-order valence-corrected chi connectivity index (χ1v) is 7.20. The van der Waals surface area contributed by atoms with E-state index >= 15 is 0 Å². The van der Waals surface area contributed by atoms with Gasteiger partial charge in [0.25, 0.3) is 0 Å². The highest BCUT2D eigenvalue weighted by Gasteiger charge is 2.25. The van der Waals surface area contributed by atoms with Crippen LogP contribution in [0.3, 0.4) is 0 Å². The molecule has 1 aliphatic rings. The maximum absolute atomic E-state index is 12.5. The third-order valence-corrected chi connectivity index (χ3v) is 3.99. The number of benzene rings is 2. The normalized spacial score (nSPS) is 17.5. The molecule has 0 saturated carbocycles. The molecule has 3 rings (SSSR count). The van der Waals surface area contributed by atoms with E-state index in [0.717, 1.165) is 19.5 Å². The number of Topliss-reactive ketones (excluding diaryl/α,β-unsaturated/α-hetero) is 1. The molecule has 1 unspecified atom stereocenters. The van der Waals surface area contributed by atoms with Crippen LogP contribution in [0.1, 0.15) is 29.0 Å². The van der Waals surface area contributed by atoms with Crippen LogP contribution in [-0.2, 0) is 17.8 Å². The predicted octanol–water partition coefficient (Wildman–Crippen LogP) is 3.08. The maximum atomic E-state index is 12.5. The van der Waals surface area contributed by atoms with Crippen molar-refractivity contribution in [2.75, 3.05) is 6.54 Å². The van der Waals surface area contributed by atoms with Crippen molar-refractivity contribution < 1.29 is 4.79 Å². The van der Waals surface area contributed by atoms with Crippen LogP contribution in [0.4, 0.5) is 0 Å². The zero-order chi connectivity index (χ0) is 13.8. The number of hydrogen-bond acceptors (Lipinski definition) is 2. The Balaban J connectivity index is 1.69. The van der Waals surface area contributed by atoms with Crippen LogP contribution in [-0.4, -0.2) is 12.3 Å². The molecular formula is C18H19NO. The Kier molecular flexibility index (Phi) is 3.93. The first-order chi connectivity index (χ1) is 9.84. The highest BCUT2D eigenvalue weighted by atomic mass is 16.1. The van der Waals surface area contributed by atoms with Gasteiger partial charge in [0.15, 0.2) is 0 Å². The zero-order valence-corrected chi connectivity index (χ0v) is 11.5. The molecule has 20 heavy (non-hydrogen) atoms. The van der Waals surface area contributed by atoms with Crippen LogP contribution in [0.5, 0.6) is 0 Å². The number of carbonyl (C=O) groups is 1. The first-order valence-electron chi connectivity index (χ1n) is 7.20. The number of nitrogens with one attached hydrogen (secondary N) is 1. The molecule has 2 aromatic rings. The fourth-order valence-electron chi connectivity index (χ4n) is 2.87. The minimum atomic E-state index is 0.0173. The molecule has 2 nitrogen and oxygen atoms in total. The summed E-state index contributed by atoms with van der Waals surface area (Å²) in [7, 11) is 0. The van der Waals surface area contributed by atoms with Crippen molar-refractivity contribution in [2.45, 2.75) is 25.3 Å². The SMILES string of the molecule is O=C(CCc1ccccc1)C1CNCc2ccccc21. The molecule has 1 atom stereocenters. The Morgan fingerprint density at radius 3 is 2.65 bits per heavy atom. The maximum Gasteiger partial charge on any atom is 0.141 e. The summed E-state index contributed by atoms with van der Waals surface area (Å²) < 4.78 is 0. The van der Waals surface area contributed by atoms with Gasteiger partial charge in [0.1, 0.15) is 5.78 Å². The Morgan fingerprint density at radius 1 is 1.05 bits per heavy atom. The molecule has 0 spiro atoms. The molecule has 0 amide bonds. The summed E-state index contributed by atoms with van der Waals surface area (Å²) in [4.78, 5) is 12.5. The number of hydrogen-bond donors (Lipinski definition) is 1. The highest BCUT2D eigenvalue weighted by molar-refractivity contribution is 5.86. The lowest BCUT2D eigenvalue weighted by Gasteiger charge is -2.25. The second-order valence-corrected chi connectivity index (χ2v) is 5.33. The second kappa shape index (κ2) is 6.02. The van der Waals surface area contributed by atoms with Crippen LogP contribution in [0.15, 0.2) is 54.6 Å². The van der Waals surface area contributed by atoms with E-state index < -0.39 is 0 Å². The molecule has 0 radical (unpaired) electrons. The minimum absolute atomic E-state index is 0.0173. The van der Waals surface area contributed by atoms with E-state index in [2.05, 4.69) is 29.6 Å². The van der Waals surface area contributed by atoms with E-state index in [1.807, 2.05) is 30.3 Å². The molecule has 2 aromatic carbocycles. The fourth-order valence-corrected chi connectivity index (χ4v) is 2.87. The number of aryl methyl sites for hydroxylation is 1. The largest absolute Gasteiger partial charge is 0.312 e. The van der Waals surface area contributed by atoms with Crippen molar-refractivity contribution >= 4 is 5.78 Å². The lowest BCUT2D eigenvalue weighted by atomic mass is 9.86. The summed E-state index contributed by atoms with van der Waals surface area (Å²) >= 11 is 0. The molecule has 1 N–H and O–H groups in total. The molecule has 2 heteroatoms. The summed E-state index contributed by atoms with van der Waals surface area (Å²) in [5, 5.41) is 3.35. The van der Waals surface area contributed by atoms with Crippen molar-refractivity contribution in [3.8, 4) is 0 Å². The van der Waals surface area contributed by atoms with Gasteiger partial charge >= 0.3 is 0 Å². The van der Waals surface area contributed by atoms with Crippen LogP contribution in [0, 0.1) is 0 Å². The zero-order valence-electron chi connectivity index (χ0n) is 11.5. The van der Waals surface area contributed by atoms with Gasteiger partial charge in [-0.2, -0.15) is 0 Å². The molecule has 1 aliphatic heterocycles. The lowest BCUT2D eigenvalue weighted by Crippen LogP contribution is -2.32. The number of rotatable bonds is 4. The van der Waals surface area contributed by atoms with Gasteiger partial charge in [0.2, 0.25) is 0 Å². The third kappa shape index (κ3) is 2.81. The van der Waals surface area contributed by atoms with Crippen molar-refractivity contribution in [3.05, 3.63) is 71.3 Å². The van der Waals surface area contributed by atoms with E-state index in [1.54, 1.807) is 0 Å². The van der Waals surface area contributed by atoms with Crippen molar-refractivity contribution in [2.24, 2.45) is 0 Å². The van der Waals surface area contributed by atoms with Gasteiger partial charge in [-0.15, -0.1) is 0 Å². The monoisotopic (exact) mass is 265 g/mol. The Bertz CT molecular complexity index is 591. The van der Waals surface area contributed by atoms with Crippen LogP contribution in [0.2, 0.25) is 0 Å². The first kappa shape index (κ1) is 13.1. The van der Waals surface area contributed by atoms with E-state index in [4.69, 9.17) is 0 Å². The van der Waals surface area contributed by atoms with Crippen LogP contribution in [0.25, 0.3) is 0 Å². The van der Waals surface area contributed by atoms with Gasteiger partial charge in [-0.25, -0.2) is 0 Å². The van der Waals surface area contributed by atoms with E-state index in [0.29, 0.717) is 12.2 Å². The summed E-state index contributed by atoms with van der Waals surface area (Å²) in [5.41, 5.74) is 3.71. The molecule has 1 heterocycles. The average molecular weight is 265 g/mol. The molecule has 0 saturated heterocycles. The summed E-state index contributed by atoms with van der Waals surface area (Å²) in [6, 6.07) is 18.5. The average Bonchev–Trinajstić information content (AvgIpc) is 2.53. The number of carbonyl (C=O) groups excluding carboxylic acids is 1. The molecular weight excluding hydrogens is 246 g/mol. The third-order valence-electron chi connectivity index (χ3n) is 3.99. The van der Waals surface area contributed by atoms with Gasteiger partial charge in [0.05, 0.1) is 5.92 Å². The molecule has 0 bridgehead atoms. The summed E-state index contributed by atoms with van der Waals surface area (Å²) in [6.07, 6.45) is 1.45.